The molecule has 6 heteroatoms. The zero-order valence-corrected chi connectivity index (χ0v) is 10.7. The fourth-order valence-corrected chi connectivity index (χ4v) is 1.48. The summed E-state index contributed by atoms with van der Waals surface area (Å²) in [7, 11) is 0. The number of amides is 1. The van der Waals surface area contributed by atoms with Crippen molar-refractivity contribution in [2.45, 2.75) is 38.5 Å². The fourth-order valence-electron chi connectivity index (χ4n) is 1.48. The average molecular weight is 255 g/mol. The van der Waals surface area contributed by atoms with Gasteiger partial charge in [0.2, 0.25) is 0 Å². The zero-order valence-electron chi connectivity index (χ0n) is 10.7. The van der Waals surface area contributed by atoms with Crippen molar-refractivity contribution in [2.24, 2.45) is 0 Å². The number of ether oxygens (including phenoxy) is 2. The quantitative estimate of drug-likeness (QED) is 0.698. The van der Waals surface area contributed by atoms with Gasteiger partial charge < -0.3 is 14.6 Å². The van der Waals surface area contributed by atoms with Gasteiger partial charge in [0.1, 0.15) is 11.7 Å². The standard InChI is InChI=1S/C12H17NO5/c1-5-8-6-13(9(7-17-8)10(14)15)11(16)18-12(2,3)4/h1,8-9H,6-7H2,2-4H3,(H,14,15)/t8-,9-/m1/s1. The maximum atomic E-state index is 11.9. The predicted octanol–water partition coefficient (Wildman–Crippen LogP) is 0.709. The minimum absolute atomic E-state index is 0.0163. The van der Waals surface area contributed by atoms with Gasteiger partial charge >= 0.3 is 12.1 Å². The summed E-state index contributed by atoms with van der Waals surface area (Å²) >= 11 is 0. The summed E-state index contributed by atoms with van der Waals surface area (Å²) in [6.45, 7) is 5.01. The van der Waals surface area contributed by atoms with Crippen LogP contribution in [0, 0.1) is 12.3 Å². The molecule has 0 aromatic heterocycles. The molecule has 0 radical (unpaired) electrons. The monoisotopic (exact) mass is 255 g/mol. The molecule has 100 valence electrons. The number of rotatable bonds is 1. The first-order valence-electron chi connectivity index (χ1n) is 5.55. The molecule has 0 saturated carbocycles. The summed E-state index contributed by atoms with van der Waals surface area (Å²) in [6, 6.07) is -1.07. The third-order valence-electron chi connectivity index (χ3n) is 2.29. The molecule has 1 N–H and O–H groups in total. The molecule has 1 heterocycles. The third-order valence-corrected chi connectivity index (χ3v) is 2.29. The minimum Gasteiger partial charge on any atom is -0.480 e. The van der Waals surface area contributed by atoms with Crippen LogP contribution in [0.1, 0.15) is 20.8 Å². The topological polar surface area (TPSA) is 76.1 Å². The molecule has 0 spiro atoms. The maximum Gasteiger partial charge on any atom is 0.411 e. The van der Waals surface area contributed by atoms with Crippen molar-refractivity contribution in [3.8, 4) is 12.3 Å². The zero-order chi connectivity index (χ0) is 13.9. The lowest BCUT2D eigenvalue weighted by Crippen LogP contribution is -2.56. The second kappa shape index (κ2) is 5.27. The Balaban J connectivity index is 2.82. The Bertz CT molecular complexity index is 379. The highest BCUT2D eigenvalue weighted by Gasteiger charge is 2.38. The van der Waals surface area contributed by atoms with Crippen molar-refractivity contribution in [1.82, 2.24) is 4.90 Å². The first kappa shape index (κ1) is 14.3. The van der Waals surface area contributed by atoms with Crippen molar-refractivity contribution in [3.05, 3.63) is 0 Å². The lowest BCUT2D eigenvalue weighted by molar-refractivity contribution is -0.150. The molecular weight excluding hydrogens is 238 g/mol. The summed E-state index contributed by atoms with van der Waals surface area (Å²) < 4.78 is 10.3. The van der Waals surface area contributed by atoms with Crippen LogP contribution in [-0.2, 0) is 14.3 Å². The summed E-state index contributed by atoms with van der Waals surface area (Å²) in [6.07, 6.45) is 3.91. The number of aliphatic carboxylic acids is 1. The Kier molecular flexibility index (Phi) is 4.19. The molecule has 2 atom stereocenters. The first-order chi connectivity index (χ1) is 8.24. The summed E-state index contributed by atoms with van der Waals surface area (Å²) in [5.74, 6) is 1.20. The molecule has 1 saturated heterocycles. The Morgan fingerprint density at radius 2 is 2.11 bits per heavy atom. The van der Waals surface area contributed by atoms with Crippen molar-refractivity contribution in [1.29, 1.82) is 0 Å². The number of hydrogen-bond acceptors (Lipinski definition) is 4. The Morgan fingerprint density at radius 3 is 2.56 bits per heavy atom. The van der Waals surface area contributed by atoms with E-state index in [1.165, 1.54) is 0 Å². The van der Waals surface area contributed by atoms with E-state index in [-0.39, 0.29) is 13.2 Å². The van der Waals surface area contributed by atoms with Gasteiger partial charge in [0, 0.05) is 0 Å². The Morgan fingerprint density at radius 1 is 1.50 bits per heavy atom. The molecule has 0 bridgehead atoms. The number of morpholine rings is 1. The van der Waals surface area contributed by atoms with Crippen LogP contribution in [0.3, 0.4) is 0 Å². The summed E-state index contributed by atoms with van der Waals surface area (Å²) in [4.78, 5) is 24.1. The van der Waals surface area contributed by atoms with Crippen LogP contribution in [-0.4, -0.2) is 53.0 Å². The van der Waals surface area contributed by atoms with Crippen LogP contribution >= 0.6 is 0 Å². The highest BCUT2D eigenvalue weighted by Crippen LogP contribution is 2.17. The van der Waals surface area contributed by atoms with Crippen LogP contribution in [0.25, 0.3) is 0 Å². The van der Waals surface area contributed by atoms with Crippen LogP contribution < -0.4 is 0 Å². The van der Waals surface area contributed by atoms with Gasteiger partial charge in [-0.3, -0.25) is 4.90 Å². The normalized spacial score (nSPS) is 24.2. The van der Waals surface area contributed by atoms with Gasteiger partial charge in [-0.05, 0) is 20.8 Å². The molecule has 1 aliphatic heterocycles. The molecule has 0 unspecified atom stereocenters. The number of carbonyl (C=O) groups is 2. The van der Waals surface area contributed by atoms with E-state index in [1.54, 1.807) is 20.8 Å². The average Bonchev–Trinajstić information content (AvgIpc) is 2.25. The van der Waals surface area contributed by atoms with Crippen LogP contribution in [0.5, 0.6) is 0 Å². The van der Waals surface area contributed by atoms with E-state index in [0.717, 1.165) is 4.90 Å². The number of carboxylic acids is 1. The summed E-state index contributed by atoms with van der Waals surface area (Å²) in [5, 5.41) is 9.03. The number of nitrogens with zero attached hydrogens (tertiary/aromatic N) is 1. The molecule has 0 aliphatic carbocycles. The molecule has 1 aliphatic rings. The van der Waals surface area contributed by atoms with E-state index >= 15 is 0 Å². The molecule has 1 amide bonds. The number of carboxylic acid groups (broad SMARTS) is 1. The number of carbonyl (C=O) groups excluding carboxylic acids is 1. The van der Waals surface area contributed by atoms with Crippen molar-refractivity contribution in [3.63, 3.8) is 0 Å². The van der Waals surface area contributed by atoms with E-state index < -0.39 is 29.8 Å². The van der Waals surface area contributed by atoms with Crippen molar-refractivity contribution in [2.75, 3.05) is 13.2 Å². The van der Waals surface area contributed by atoms with E-state index in [4.69, 9.17) is 21.0 Å². The smallest absolute Gasteiger partial charge is 0.411 e. The minimum atomic E-state index is -1.14. The highest BCUT2D eigenvalue weighted by atomic mass is 16.6. The van der Waals surface area contributed by atoms with E-state index in [2.05, 4.69) is 5.92 Å². The van der Waals surface area contributed by atoms with Gasteiger partial charge in [-0.2, -0.15) is 0 Å². The molecular formula is C12H17NO5. The molecule has 18 heavy (non-hydrogen) atoms. The SMILES string of the molecule is C#C[C@@H]1CN(C(=O)OC(C)(C)C)[C@@H](C(=O)O)CO1. The van der Waals surface area contributed by atoms with Gasteiger partial charge in [0.15, 0.2) is 6.04 Å². The molecule has 1 fully saturated rings. The second-order valence-corrected chi connectivity index (χ2v) is 4.98. The van der Waals surface area contributed by atoms with Crippen molar-refractivity contribution < 1.29 is 24.2 Å². The van der Waals surface area contributed by atoms with E-state index in [1.807, 2.05) is 0 Å². The van der Waals surface area contributed by atoms with Crippen LogP contribution in [0.2, 0.25) is 0 Å². The lowest BCUT2D eigenvalue weighted by Gasteiger charge is -2.36. The first-order valence-corrected chi connectivity index (χ1v) is 5.55. The largest absolute Gasteiger partial charge is 0.480 e. The van der Waals surface area contributed by atoms with E-state index in [9.17, 15) is 9.59 Å². The van der Waals surface area contributed by atoms with Gasteiger partial charge in [-0.1, -0.05) is 5.92 Å². The second-order valence-electron chi connectivity index (χ2n) is 4.98. The van der Waals surface area contributed by atoms with Crippen LogP contribution in [0.15, 0.2) is 0 Å². The van der Waals surface area contributed by atoms with Gasteiger partial charge in [0.25, 0.3) is 0 Å². The molecule has 0 aromatic rings. The molecule has 0 aromatic carbocycles. The van der Waals surface area contributed by atoms with Crippen LogP contribution in [0.4, 0.5) is 4.79 Å². The lowest BCUT2D eigenvalue weighted by atomic mass is 10.2. The van der Waals surface area contributed by atoms with Gasteiger partial charge in [-0.15, -0.1) is 6.42 Å². The number of hydrogen-bond donors (Lipinski definition) is 1. The Hall–Kier alpha value is -1.74. The van der Waals surface area contributed by atoms with E-state index in [0.29, 0.717) is 0 Å². The predicted molar refractivity (Wildman–Crippen MR) is 62.9 cm³/mol. The Labute approximate surface area is 106 Å². The van der Waals surface area contributed by atoms with Gasteiger partial charge in [-0.25, -0.2) is 9.59 Å². The maximum absolute atomic E-state index is 11.9. The van der Waals surface area contributed by atoms with Gasteiger partial charge in [0.05, 0.1) is 13.2 Å². The van der Waals surface area contributed by atoms with Crippen molar-refractivity contribution >= 4 is 12.1 Å². The third kappa shape index (κ3) is 3.64. The molecule has 1 rings (SSSR count). The summed E-state index contributed by atoms with van der Waals surface area (Å²) in [5.41, 5.74) is -0.690. The highest BCUT2D eigenvalue weighted by molar-refractivity contribution is 5.80. The fraction of sp³-hybridized carbons (Fsp3) is 0.667. The molecule has 6 nitrogen and oxygen atoms in total. The number of terminal acetylenes is 1.